The molecule has 1 heterocycles. The summed E-state index contributed by atoms with van der Waals surface area (Å²) in [7, 11) is 0. The fourth-order valence-corrected chi connectivity index (χ4v) is 3.17. The first kappa shape index (κ1) is 23.4. The molecule has 1 aromatic rings. The second-order valence-electron chi connectivity index (χ2n) is 6.75. The zero-order chi connectivity index (χ0) is 16.5. The molecule has 1 saturated heterocycles. The molecule has 0 aromatic heterocycles. The molecule has 2 nitrogen and oxygen atoms in total. The molecule has 0 saturated carbocycles. The summed E-state index contributed by atoms with van der Waals surface area (Å²) in [5.41, 5.74) is -1.62. The number of nitrogens with zero attached hydrogens (tertiary/aromatic N) is 1. The molecule has 1 aliphatic heterocycles. The Morgan fingerprint density at radius 1 is 1.04 bits per heavy atom. The van der Waals surface area contributed by atoms with Crippen molar-refractivity contribution < 1.29 is 17.6 Å². The maximum absolute atomic E-state index is 14.4. The molecule has 140 valence electrons. The van der Waals surface area contributed by atoms with Gasteiger partial charge in [-0.25, -0.2) is 4.39 Å². The van der Waals surface area contributed by atoms with Gasteiger partial charge in [0, 0.05) is 37.8 Å². The molecule has 8 heteroatoms. The van der Waals surface area contributed by atoms with E-state index in [9.17, 15) is 17.6 Å². The first-order valence-corrected chi connectivity index (χ1v) is 7.43. The standard InChI is InChI=1S/C16H22F4N2.2ClH/c1-15(2,3)14(22-9-7-21-8-10-22)13-11(16(18,19)20)5-4-6-12(13)17;;/h4-6,14,21H,7-10H2,1-3H3;2*1H/t14-;;/m1../s1. The van der Waals surface area contributed by atoms with Crippen LogP contribution in [0.2, 0.25) is 0 Å². The average molecular weight is 391 g/mol. The Morgan fingerprint density at radius 2 is 1.58 bits per heavy atom. The predicted molar refractivity (Wildman–Crippen MR) is 92.5 cm³/mol. The first-order chi connectivity index (χ1) is 10.1. The first-order valence-electron chi connectivity index (χ1n) is 7.43. The summed E-state index contributed by atoms with van der Waals surface area (Å²) in [5.74, 6) is -0.784. The molecule has 0 bridgehead atoms. The van der Waals surface area contributed by atoms with Crippen molar-refractivity contribution in [2.45, 2.75) is 33.0 Å². The number of alkyl halides is 3. The third kappa shape index (κ3) is 5.22. The Kier molecular flexibility index (Phi) is 8.49. The van der Waals surface area contributed by atoms with Crippen molar-refractivity contribution >= 4 is 24.8 Å². The monoisotopic (exact) mass is 390 g/mol. The molecular weight excluding hydrogens is 367 g/mol. The van der Waals surface area contributed by atoms with E-state index in [0.717, 1.165) is 18.2 Å². The van der Waals surface area contributed by atoms with Crippen LogP contribution in [0.5, 0.6) is 0 Å². The molecule has 1 N–H and O–H groups in total. The molecule has 1 aromatic carbocycles. The fourth-order valence-electron chi connectivity index (χ4n) is 3.17. The Bertz CT molecular complexity index is 524. The third-order valence-corrected chi connectivity index (χ3v) is 3.97. The summed E-state index contributed by atoms with van der Waals surface area (Å²) >= 11 is 0. The van der Waals surface area contributed by atoms with Gasteiger partial charge in [-0.05, 0) is 17.5 Å². The van der Waals surface area contributed by atoms with Crippen LogP contribution in [0.15, 0.2) is 18.2 Å². The average Bonchev–Trinajstić information content (AvgIpc) is 2.39. The molecule has 24 heavy (non-hydrogen) atoms. The van der Waals surface area contributed by atoms with Gasteiger partial charge >= 0.3 is 6.18 Å². The van der Waals surface area contributed by atoms with E-state index in [0.29, 0.717) is 26.2 Å². The second kappa shape index (κ2) is 8.70. The van der Waals surface area contributed by atoms with Crippen LogP contribution in [0.4, 0.5) is 17.6 Å². The van der Waals surface area contributed by atoms with Crippen LogP contribution in [-0.2, 0) is 6.18 Å². The minimum atomic E-state index is -4.56. The van der Waals surface area contributed by atoms with Gasteiger partial charge < -0.3 is 5.32 Å². The van der Waals surface area contributed by atoms with E-state index in [1.165, 1.54) is 0 Å². The van der Waals surface area contributed by atoms with Crippen molar-refractivity contribution in [3.63, 3.8) is 0 Å². The van der Waals surface area contributed by atoms with E-state index in [1.807, 2.05) is 25.7 Å². The van der Waals surface area contributed by atoms with Crippen LogP contribution < -0.4 is 5.32 Å². The quantitative estimate of drug-likeness (QED) is 0.737. The highest BCUT2D eigenvalue weighted by atomic mass is 35.5. The van der Waals surface area contributed by atoms with Crippen LogP contribution in [0, 0.1) is 11.2 Å². The van der Waals surface area contributed by atoms with Gasteiger partial charge in [-0.1, -0.05) is 26.8 Å². The topological polar surface area (TPSA) is 15.3 Å². The lowest BCUT2D eigenvalue weighted by Gasteiger charge is -2.43. The van der Waals surface area contributed by atoms with E-state index in [1.54, 1.807) is 0 Å². The van der Waals surface area contributed by atoms with Crippen molar-refractivity contribution in [1.82, 2.24) is 10.2 Å². The Balaban J connectivity index is 0.00000264. The highest BCUT2D eigenvalue weighted by Gasteiger charge is 2.42. The summed E-state index contributed by atoms with van der Waals surface area (Å²) < 4.78 is 54.4. The van der Waals surface area contributed by atoms with Gasteiger partial charge in [0.05, 0.1) is 5.56 Å². The van der Waals surface area contributed by atoms with Gasteiger partial charge in [0.25, 0.3) is 0 Å². The van der Waals surface area contributed by atoms with Crippen LogP contribution in [0.3, 0.4) is 0 Å². The molecule has 0 radical (unpaired) electrons. The van der Waals surface area contributed by atoms with Crippen molar-refractivity contribution in [2.75, 3.05) is 26.2 Å². The molecule has 0 amide bonds. The lowest BCUT2D eigenvalue weighted by molar-refractivity contribution is -0.139. The van der Waals surface area contributed by atoms with Gasteiger partial charge in [0.15, 0.2) is 0 Å². The molecule has 1 aliphatic rings. The van der Waals surface area contributed by atoms with E-state index in [-0.39, 0.29) is 30.4 Å². The van der Waals surface area contributed by atoms with Crippen LogP contribution in [0.25, 0.3) is 0 Å². The zero-order valence-electron chi connectivity index (χ0n) is 13.9. The summed E-state index contributed by atoms with van der Waals surface area (Å²) in [6, 6.07) is 2.59. The smallest absolute Gasteiger partial charge is 0.314 e. The Hall–Kier alpha value is -0.560. The van der Waals surface area contributed by atoms with Gasteiger partial charge in [0.1, 0.15) is 5.82 Å². The number of hydrogen-bond acceptors (Lipinski definition) is 2. The SMILES string of the molecule is CC(C)(C)[C@@H](c1c(F)cccc1C(F)(F)F)N1CCNCC1.Cl.Cl. The van der Waals surface area contributed by atoms with Gasteiger partial charge in [-0.2, -0.15) is 13.2 Å². The molecule has 0 unspecified atom stereocenters. The van der Waals surface area contributed by atoms with Crippen LogP contribution >= 0.6 is 24.8 Å². The summed E-state index contributed by atoms with van der Waals surface area (Å²) in [6.45, 7) is 8.16. The van der Waals surface area contributed by atoms with E-state index < -0.39 is 29.0 Å². The number of nitrogens with one attached hydrogen (secondary N) is 1. The number of hydrogen-bond donors (Lipinski definition) is 1. The maximum Gasteiger partial charge on any atom is 0.416 e. The van der Waals surface area contributed by atoms with Crippen LogP contribution in [0.1, 0.15) is 37.9 Å². The minimum Gasteiger partial charge on any atom is -0.314 e. The molecular formula is C16H24Cl2F4N2. The molecule has 0 spiro atoms. The Morgan fingerprint density at radius 3 is 2.04 bits per heavy atom. The zero-order valence-corrected chi connectivity index (χ0v) is 15.5. The molecule has 1 atom stereocenters. The lowest BCUT2D eigenvalue weighted by atomic mass is 9.79. The van der Waals surface area contributed by atoms with E-state index >= 15 is 0 Å². The number of rotatable bonds is 2. The number of piperazine rings is 1. The van der Waals surface area contributed by atoms with Gasteiger partial charge in [-0.15, -0.1) is 24.8 Å². The van der Waals surface area contributed by atoms with E-state index in [2.05, 4.69) is 5.32 Å². The number of benzene rings is 1. The molecule has 0 aliphatic carbocycles. The minimum absolute atomic E-state index is 0. The van der Waals surface area contributed by atoms with Gasteiger partial charge in [-0.3, -0.25) is 4.90 Å². The maximum atomic E-state index is 14.4. The highest BCUT2D eigenvalue weighted by Crippen LogP contribution is 2.44. The second-order valence-corrected chi connectivity index (χ2v) is 6.75. The lowest BCUT2D eigenvalue weighted by Crippen LogP contribution is -2.49. The third-order valence-electron chi connectivity index (χ3n) is 3.97. The predicted octanol–water partition coefficient (Wildman–Crippen LogP) is 4.68. The van der Waals surface area contributed by atoms with Crippen molar-refractivity contribution in [1.29, 1.82) is 0 Å². The molecule has 1 fully saturated rings. The summed E-state index contributed by atoms with van der Waals surface area (Å²) in [4.78, 5) is 1.95. The summed E-state index contributed by atoms with van der Waals surface area (Å²) in [5, 5.41) is 3.17. The van der Waals surface area contributed by atoms with E-state index in [4.69, 9.17) is 0 Å². The van der Waals surface area contributed by atoms with Crippen molar-refractivity contribution in [3.8, 4) is 0 Å². The van der Waals surface area contributed by atoms with Crippen LogP contribution in [-0.4, -0.2) is 31.1 Å². The Labute approximate surface area is 152 Å². The normalized spacial score (nSPS) is 17.6. The number of halogens is 6. The highest BCUT2D eigenvalue weighted by molar-refractivity contribution is 5.85. The fraction of sp³-hybridized carbons (Fsp3) is 0.625. The largest absolute Gasteiger partial charge is 0.416 e. The van der Waals surface area contributed by atoms with Crippen molar-refractivity contribution in [2.24, 2.45) is 5.41 Å². The molecule has 2 rings (SSSR count). The van der Waals surface area contributed by atoms with Gasteiger partial charge in [0.2, 0.25) is 0 Å². The summed E-state index contributed by atoms with van der Waals surface area (Å²) in [6.07, 6.45) is -4.56. The van der Waals surface area contributed by atoms with Crippen molar-refractivity contribution in [3.05, 3.63) is 35.1 Å².